The van der Waals surface area contributed by atoms with Gasteiger partial charge in [-0.05, 0) is 38.0 Å². The topological polar surface area (TPSA) is 63.2 Å². The maximum atomic E-state index is 13.8. The fraction of sp³-hybridized carbons (Fsp3) is 0.500. The van der Waals surface area contributed by atoms with Crippen molar-refractivity contribution in [2.24, 2.45) is 0 Å². The third-order valence-corrected chi connectivity index (χ3v) is 5.19. The second kappa shape index (κ2) is 5.93. The van der Waals surface area contributed by atoms with Gasteiger partial charge in [-0.3, -0.25) is 4.79 Å². The smallest absolute Gasteiger partial charge is 0.261 e. The van der Waals surface area contributed by atoms with Gasteiger partial charge in [-0.15, -0.1) is 0 Å². The molecule has 1 aromatic carbocycles. The molecule has 0 aliphatic heterocycles. The normalized spacial score (nSPS) is 18.2. The first-order valence-electron chi connectivity index (χ1n) is 6.78. The van der Waals surface area contributed by atoms with E-state index in [2.05, 4.69) is 5.32 Å². The van der Waals surface area contributed by atoms with Crippen LogP contribution >= 0.6 is 10.7 Å². The van der Waals surface area contributed by atoms with E-state index in [0.717, 1.165) is 50.3 Å². The van der Waals surface area contributed by atoms with Crippen molar-refractivity contribution in [3.63, 3.8) is 0 Å². The van der Waals surface area contributed by atoms with Crippen LogP contribution in [0.1, 0.15) is 49.4 Å². The molecule has 0 bridgehead atoms. The molecular weight excluding hydrogens is 317 g/mol. The summed E-state index contributed by atoms with van der Waals surface area (Å²) in [5.41, 5.74) is -0.680. The summed E-state index contributed by atoms with van der Waals surface area (Å²) in [6.45, 7) is 1.92. The molecule has 0 saturated heterocycles. The summed E-state index contributed by atoms with van der Waals surface area (Å²) in [7, 11) is 1.23. The summed E-state index contributed by atoms with van der Waals surface area (Å²) in [4.78, 5) is 11.9. The van der Waals surface area contributed by atoms with E-state index in [4.69, 9.17) is 10.7 Å². The van der Waals surface area contributed by atoms with Crippen molar-refractivity contribution in [1.82, 2.24) is 5.32 Å². The third-order valence-electron chi connectivity index (χ3n) is 3.84. The Morgan fingerprint density at radius 2 is 1.90 bits per heavy atom. The van der Waals surface area contributed by atoms with Crippen LogP contribution in [0, 0.1) is 5.82 Å². The van der Waals surface area contributed by atoms with Gasteiger partial charge in [-0.2, -0.15) is 0 Å². The van der Waals surface area contributed by atoms with Crippen molar-refractivity contribution in [3.05, 3.63) is 29.6 Å². The number of carbonyl (C=O) groups excluding carboxylic acids is 1. The van der Waals surface area contributed by atoms with Crippen LogP contribution in [0.3, 0.4) is 0 Å². The standard InChI is InChI=1S/C14H17ClFNO3S/c1-14(7-3-2-4-8-14)17-13(18)11-9-10(21(15,19)20)5-6-12(11)16/h5-6,9H,2-4,7-8H2,1H3,(H,17,18). The molecule has 1 aliphatic carbocycles. The number of nitrogens with one attached hydrogen (secondary N) is 1. The van der Waals surface area contributed by atoms with E-state index >= 15 is 0 Å². The monoisotopic (exact) mass is 333 g/mol. The van der Waals surface area contributed by atoms with Gasteiger partial charge in [0.15, 0.2) is 0 Å². The van der Waals surface area contributed by atoms with Crippen LogP contribution in [-0.4, -0.2) is 19.9 Å². The third kappa shape index (κ3) is 3.95. The molecule has 1 fully saturated rings. The number of hydrogen-bond acceptors (Lipinski definition) is 3. The molecule has 1 aromatic rings. The van der Waals surface area contributed by atoms with Gasteiger partial charge < -0.3 is 5.32 Å². The molecule has 0 atom stereocenters. The Bertz CT molecular complexity index is 654. The van der Waals surface area contributed by atoms with Crippen molar-refractivity contribution < 1.29 is 17.6 Å². The van der Waals surface area contributed by atoms with Gasteiger partial charge in [0.2, 0.25) is 0 Å². The number of amides is 1. The Hall–Kier alpha value is -1.14. The molecule has 1 aliphatic rings. The summed E-state index contributed by atoms with van der Waals surface area (Å²) >= 11 is 0. The predicted molar refractivity (Wildman–Crippen MR) is 78.4 cm³/mol. The predicted octanol–water partition coefficient (Wildman–Crippen LogP) is 3.21. The lowest BCUT2D eigenvalue weighted by Crippen LogP contribution is -2.47. The Labute approximate surface area is 128 Å². The van der Waals surface area contributed by atoms with E-state index in [1.807, 2.05) is 6.92 Å². The molecule has 0 radical (unpaired) electrons. The van der Waals surface area contributed by atoms with Crippen LogP contribution in [0.15, 0.2) is 23.1 Å². The Morgan fingerprint density at radius 3 is 2.48 bits per heavy atom. The fourth-order valence-electron chi connectivity index (χ4n) is 2.63. The van der Waals surface area contributed by atoms with E-state index in [9.17, 15) is 17.6 Å². The SMILES string of the molecule is CC1(NC(=O)c2cc(S(=O)(=O)Cl)ccc2F)CCCCC1. The molecule has 7 heteroatoms. The highest BCUT2D eigenvalue weighted by atomic mass is 35.7. The lowest BCUT2D eigenvalue weighted by molar-refractivity contribution is 0.0878. The minimum absolute atomic E-state index is 0.287. The van der Waals surface area contributed by atoms with Gasteiger partial charge >= 0.3 is 0 Å². The number of carbonyl (C=O) groups is 1. The number of halogens is 2. The van der Waals surface area contributed by atoms with Crippen molar-refractivity contribution in [1.29, 1.82) is 0 Å². The van der Waals surface area contributed by atoms with Crippen molar-refractivity contribution in [3.8, 4) is 0 Å². The first kappa shape index (κ1) is 16.2. The Balaban J connectivity index is 2.26. The van der Waals surface area contributed by atoms with Crippen molar-refractivity contribution >= 4 is 25.6 Å². The second-order valence-corrected chi connectivity index (χ2v) is 8.22. The zero-order valence-corrected chi connectivity index (χ0v) is 13.2. The molecule has 0 heterocycles. The molecule has 2 rings (SSSR count). The van der Waals surface area contributed by atoms with Crippen LogP contribution in [0.4, 0.5) is 4.39 Å². The summed E-state index contributed by atoms with van der Waals surface area (Å²) in [6, 6.07) is 2.95. The van der Waals surface area contributed by atoms with Gasteiger partial charge in [-0.1, -0.05) is 19.3 Å². The molecule has 0 aromatic heterocycles. The van der Waals surface area contributed by atoms with Gasteiger partial charge in [0.1, 0.15) is 5.82 Å². The maximum Gasteiger partial charge on any atom is 0.261 e. The lowest BCUT2D eigenvalue weighted by atomic mass is 9.83. The van der Waals surface area contributed by atoms with Gasteiger partial charge in [0.05, 0.1) is 10.5 Å². The molecule has 4 nitrogen and oxygen atoms in total. The average molecular weight is 334 g/mol. The van der Waals surface area contributed by atoms with Crippen LogP contribution in [0.25, 0.3) is 0 Å². The molecule has 0 unspecified atom stereocenters. The summed E-state index contributed by atoms with van der Waals surface area (Å²) < 4.78 is 36.4. The number of hydrogen-bond donors (Lipinski definition) is 1. The highest BCUT2D eigenvalue weighted by Crippen LogP contribution is 2.28. The molecule has 116 valence electrons. The van der Waals surface area contributed by atoms with E-state index in [0.29, 0.717) is 0 Å². The van der Waals surface area contributed by atoms with Gasteiger partial charge in [-0.25, -0.2) is 12.8 Å². The first-order chi connectivity index (χ1) is 9.71. The maximum absolute atomic E-state index is 13.8. The average Bonchev–Trinajstić information content (AvgIpc) is 2.38. The minimum Gasteiger partial charge on any atom is -0.347 e. The summed E-state index contributed by atoms with van der Waals surface area (Å²) in [6.07, 6.45) is 4.80. The van der Waals surface area contributed by atoms with Crippen LogP contribution in [0.2, 0.25) is 0 Å². The van der Waals surface area contributed by atoms with Crippen LogP contribution in [0.5, 0.6) is 0 Å². The minimum atomic E-state index is -4.00. The quantitative estimate of drug-likeness (QED) is 0.864. The van der Waals surface area contributed by atoms with Crippen LogP contribution in [-0.2, 0) is 9.05 Å². The van der Waals surface area contributed by atoms with Crippen LogP contribution < -0.4 is 5.32 Å². The zero-order valence-electron chi connectivity index (χ0n) is 11.7. The molecule has 1 amide bonds. The highest BCUT2D eigenvalue weighted by molar-refractivity contribution is 8.13. The number of benzene rings is 1. The van der Waals surface area contributed by atoms with E-state index in [1.165, 1.54) is 0 Å². The largest absolute Gasteiger partial charge is 0.347 e. The van der Waals surface area contributed by atoms with E-state index < -0.39 is 20.8 Å². The lowest BCUT2D eigenvalue weighted by Gasteiger charge is -2.34. The molecule has 1 saturated carbocycles. The molecule has 1 N–H and O–H groups in total. The first-order valence-corrected chi connectivity index (χ1v) is 9.09. The van der Waals surface area contributed by atoms with E-state index in [1.54, 1.807) is 0 Å². The Kier molecular flexibility index (Phi) is 4.58. The molecular formula is C14H17ClFNO3S. The number of rotatable bonds is 3. The van der Waals surface area contributed by atoms with Crippen molar-refractivity contribution in [2.75, 3.05) is 0 Å². The second-order valence-electron chi connectivity index (χ2n) is 5.65. The van der Waals surface area contributed by atoms with Crippen molar-refractivity contribution in [2.45, 2.75) is 49.5 Å². The molecule has 0 spiro atoms. The molecule has 21 heavy (non-hydrogen) atoms. The summed E-state index contributed by atoms with van der Waals surface area (Å²) in [5.74, 6) is -1.38. The zero-order chi connectivity index (χ0) is 15.7. The Morgan fingerprint density at radius 1 is 1.29 bits per heavy atom. The van der Waals surface area contributed by atoms with Gasteiger partial charge in [0.25, 0.3) is 15.0 Å². The van der Waals surface area contributed by atoms with Gasteiger partial charge in [0, 0.05) is 16.2 Å². The highest BCUT2D eigenvalue weighted by Gasteiger charge is 2.30. The van der Waals surface area contributed by atoms with E-state index in [-0.39, 0.29) is 16.0 Å². The fourth-order valence-corrected chi connectivity index (χ4v) is 3.41. The summed E-state index contributed by atoms with van der Waals surface area (Å²) in [5, 5.41) is 2.81.